The van der Waals surface area contributed by atoms with Crippen LogP contribution in [-0.4, -0.2) is 11.2 Å². The molecular weight excluding hydrogens is 321 g/mol. The van der Waals surface area contributed by atoms with Gasteiger partial charge in [-0.25, -0.2) is 4.39 Å². The molecule has 0 radical (unpaired) electrons. The van der Waals surface area contributed by atoms with E-state index in [0.29, 0.717) is 5.02 Å². The number of hydrogen-bond acceptors (Lipinski definition) is 2. The lowest BCUT2D eigenvalue weighted by Crippen LogP contribution is -2.33. The Balaban J connectivity index is 1.94. The second-order valence-corrected chi connectivity index (χ2v) is 6.85. The summed E-state index contributed by atoms with van der Waals surface area (Å²) in [4.78, 5) is 13.2. The molecule has 0 saturated carbocycles. The molecule has 0 saturated heterocycles. The van der Waals surface area contributed by atoms with Crippen molar-refractivity contribution in [2.75, 3.05) is 0 Å². The maximum atomic E-state index is 13.2. The van der Waals surface area contributed by atoms with E-state index >= 15 is 0 Å². The predicted molar refractivity (Wildman–Crippen MR) is 89.7 cm³/mol. The molecule has 0 aromatic heterocycles. The molecule has 2 atom stereocenters. The van der Waals surface area contributed by atoms with E-state index in [2.05, 4.69) is 5.32 Å². The molecule has 2 rings (SSSR count). The summed E-state index contributed by atoms with van der Waals surface area (Å²) < 4.78 is 13.2. The van der Waals surface area contributed by atoms with Gasteiger partial charge >= 0.3 is 0 Å². The van der Waals surface area contributed by atoms with Gasteiger partial charge in [0, 0.05) is 9.92 Å². The maximum Gasteiger partial charge on any atom is 0.233 e. The lowest BCUT2D eigenvalue weighted by Gasteiger charge is -2.18. The first-order valence-corrected chi connectivity index (χ1v) is 8.19. The molecular formula is C17H17ClFNOS. The van der Waals surface area contributed by atoms with E-state index in [4.69, 9.17) is 11.6 Å². The molecule has 0 aliphatic heterocycles. The zero-order chi connectivity index (χ0) is 16.1. The second-order valence-electron chi connectivity index (χ2n) is 5.00. The molecule has 0 aliphatic rings. The van der Waals surface area contributed by atoms with E-state index in [1.807, 2.05) is 26.0 Å². The third-order valence-electron chi connectivity index (χ3n) is 3.20. The highest BCUT2D eigenvalue weighted by Gasteiger charge is 2.17. The van der Waals surface area contributed by atoms with Crippen LogP contribution in [0.15, 0.2) is 53.4 Å². The molecule has 2 nitrogen and oxygen atoms in total. The second kappa shape index (κ2) is 7.65. The zero-order valence-corrected chi connectivity index (χ0v) is 13.9. The number of carbonyl (C=O) groups is 1. The van der Waals surface area contributed by atoms with Crippen molar-refractivity contribution in [3.63, 3.8) is 0 Å². The summed E-state index contributed by atoms with van der Waals surface area (Å²) in [6, 6.07) is 13.4. The van der Waals surface area contributed by atoms with Gasteiger partial charge in [0.05, 0.1) is 11.3 Å². The molecule has 22 heavy (non-hydrogen) atoms. The molecule has 2 aromatic carbocycles. The Morgan fingerprint density at radius 3 is 2.50 bits per heavy atom. The highest BCUT2D eigenvalue weighted by molar-refractivity contribution is 8.00. The summed E-state index contributed by atoms with van der Waals surface area (Å²) in [6.07, 6.45) is 0. The molecule has 0 spiro atoms. The predicted octanol–water partition coefficient (Wildman–Crippen LogP) is 4.84. The fraction of sp³-hybridized carbons (Fsp3) is 0.235. The van der Waals surface area contributed by atoms with Crippen LogP contribution < -0.4 is 5.32 Å². The van der Waals surface area contributed by atoms with Gasteiger partial charge in [-0.1, -0.05) is 23.7 Å². The fourth-order valence-electron chi connectivity index (χ4n) is 1.96. The Morgan fingerprint density at radius 1 is 1.18 bits per heavy atom. The van der Waals surface area contributed by atoms with Crippen molar-refractivity contribution >= 4 is 29.3 Å². The van der Waals surface area contributed by atoms with Crippen LogP contribution in [0, 0.1) is 5.82 Å². The first-order valence-electron chi connectivity index (χ1n) is 6.94. The molecule has 2 aromatic rings. The van der Waals surface area contributed by atoms with Crippen LogP contribution in [-0.2, 0) is 4.79 Å². The number of hydrogen-bond donors (Lipinski definition) is 1. The van der Waals surface area contributed by atoms with Gasteiger partial charge in [-0.3, -0.25) is 4.79 Å². The van der Waals surface area contributed by atoms with Crippen LogP contribution >= 0.6 is 23.4 Å². The smallest absolute Gasteiger partial charge is 0.233 e. The van der Waals surface area contributed by atoms with Gasteiger partial charge in [0.1, 0.15) is 5.82 Å². The van der Waals surface area contributed by atoms with Crippen LogP contribution in [0.5, 0.6) is 0 Å². The minimum atomic E-state index is -0.304. The van der Waals surface area contributed by atoms with Crippen molar-refractivity contribution in [3.8, 4) is 0 Å². The number of benzene rings is 2. The zero-order valence-electron chi connectivity index (χ0n) is 12.3. The van der Waals surface area contributed by atoms with Gasteiger partial charge in [0.2, 0.25) is 5.91 Å². The number of thioether (sulfide) groups is 1. The van der Waals surface area contributed by atoms with Gasteiger partial charge in [-0.05, 0) is 55.8 Å². The first kappa shape index (κ1) is 16.8. The van der Waals surface area contributed by atoms with Gasteiger partial charge in [-0.2, -0.15) is 0 Å². The van der Waals surface area contributed by atoms with E-state index in [1.165, 1.54) is 23.9 Å². The normalized spacial score (nSPS) is 13.5. The maximum absolute atomic E-state index is 13.2. The Morgan fingerprint density at radius 2 is 1.86 bits per heavy atom. The van der Waals surface area contributed by atoms with Crippen molar-refractivity contribution < 1.29 is 9.18 Å². The van der Waals surface area contributed by atoms with E-state index in [0.717, 1.165) is 10.5 Å². The monoisotopic (exact) mass is 337 g/mol. The average Bonchev–Trinajstić information content (AvgIpc) is 2.49. The number of halogens is 2. The van der Waals surface area contributed by atoms with Crippen molar-refractivity contribution in [2.24, 2.45) is 0 Å². The van der Waals surface area contributed by atoms with E-state index in [1.54, 1.807) is 24.3 Å². The first-order chi connectivity index (χ1) is 10.5. The summed E-state index contributed by atoms with van der Waals surface area (Å²) in [6.45, 7) is 3.68. The third-order valence-corrected chi connectivity index (χ3v) is 4.57. The van der Waals surface area contributed by atoms with E-state index in [9.17, 15) is 9.18 Å². The standard InChI is InChI=1S/C17H17ClFNOS/c1-11(13-4-3-5-15(19)10-13)20-17(21)12(2)22-16-8-6-14(18)7-9-16/h3-12H,1-2H3,(H,20,21). The minimum absolute atomic E-state index is 0.0864. The lowest BCUT2D eigenvalue weighted by atomic mass is 10.1. The summed E-state index contributed by atoms with van der Waals surface area (Å²) in [5.41, 5.74) is 0.747. The van der Waals surface area contributed by atoms with Crippen LogP contribution in [0.3, 0.4) is 0 Å². The van der Waals surface area contributed by atoms with E-state index < -0.39 is 0 Å². The van der Waals surface area contributed by atoms with Gasteiger partial charge in [0.25, 0.3) is 0 Å². The van der Waals surface area contributed by atoms with E-state index in [-0.39, 0.29) is 23.0 Å². The number of amides is 1. The average molecular weight is 338 g/mol. The van der Waals surface area contributed by atoms with Crippen molar-refractivity contribution in [1.29, 1.82) is 0 Å². The van der Waals surface area contributed by atoms with Crippen LogP contribution in [0.2, 0.25) is 5.02 Å². The van der Waals surface area contributed by atoms with Gasteiger partial charge in [0.15, 0.2) is 0 Å². The van der Waals surface area contributed by atoms with Gasteiger partial charge in [-0.15, -0.1) is 11.8 Å². The SMILES string of the molecule is CC(Sc1ccc(Cl)cc1)C(=O)NC(C)c1cccc(F)c1. The largest absolute Gasteiger partial charge is 0.349 e. The van der Waals surface area contributed by atoms with Crippen LogP contribution in [0.1, 0.15) is 25.5 Å². The van der Waals surface area contributed by atoms with Crippen molar-refractivity contribution in [2.45, 2.75) is 30.0 Å². The summed E-state index contributed by atoms with van der Waals surface area (Å²) in [5, 5.41) is 3.32. The van der Waals surface area contributed by atoms with Crippen LogP contribution in [0.4, 0.5) is 4.39 Å². The molecule has 2 unspecified atom stereocenters. The highest BCUT2D eigenvalue weighted by atomic mass is 35.5. The Labute approximate surface area is 139 Å². The molecule has 0 fully saturated rings. The number of nitrogens with one attached hydrogen (secondary N) is 1. The summed E-state index contributed by atoms with van der Waals surface area (Å²) >= 11 is 7.30. The summed E-state index contributed by atoms with van der Waals surface area (Å²) in [5.74, 6) is -0.390. The third kappa shape index (κ3) is 4.75. The molecule has 1 amide bonds. The molecule has 5 heteroatoms. The quantitative estimate of drug-likeness (QED) is 0.791. The summed E-state index contributed by atoms with van der Waals surface area (Å²) in [7, 11) is 0. The Bertz CT molecular complexity index is 647. The molecule has 0 heterocycles. The highest BCUT2D eigenvalue weighted by Crippen LogP contribution is 2.25. The Kier molecular flexibility index (Phi) is 5.86. The molecule has 0 bridgehead atoms. The van der Waals surface area contributed by atoms with Crippen molar-refractivity contribution in [3.05, 3.63) is 64.9 Å². The lowest BCUT2D eigenvalue weighted by molar-refractivity contribution is -0.120. The number of carbonyl (C=O) groups excluding carboxylic acids is 1. The fourth-order valence-corrected chi connectivity index (χ4v) is 2.96. The van der Waals surface area contributed by atoms with Crippen LogP contribution in [0.25, 0.3) is 0 Å². The van der Waals surface area contributed by atoms with Gasteiger partial charge < -0.3 is 5.32 Å². The van der Waals surface area contributed by atoms with Crippen molar-refractivity contribution in [1.82, 2.24) is 5.32 Å². The molecule has 0 aliphatic carbocycles. The number of rotatable bonds is 5. The molecule has 116 valence electrons. The molecule has 1 N–H and O–H groups in total. The Hall–Kier alpha value is -1.52. The topological polar surface area (TPSA) is 29.1 Å². The minimum Gasteiger partial charge on any atom is -0.349 e.